The van der Waals surface area contributed by atoms with Crippen LogP contribution in [-0.4, -0.2) is 27.3 Å². The van der Waals surface area contributed by atoms with E-state index in [2.05, 4.69) is 73.8 Å². The molecule has 0 aromatic heterocycles. The lowest BCUT2D eigenvalue weighted by Gasteiger charge is -2.21. The molecule has 0 aliphatic heterocycles. The van der Waals surface area contributed by atoms with E-state index in [1.165, 1.54) is 11.1 Å². The first-order valence-corrected chi connectivity index (χ1v) is 9.77. The second-order valence-electron chi connectivity index (χ2n) is 6.32. The predicted octanol–water partition coefficient (Wildman–Crippen LogP) is 5.50. The van der Waals surface area contributed by atoms with Crippen LogP contribution in [0.25, 0.3) is 0 Å². The fourth-order valence-corrected chi connectivity index (χ4v) is 3.15. The third-order valence-corrected chi connectivity index (χ3v) is 4.52. The number of hydrogen-bond acceptors (Lipinski definition) is 3. The topological polar surface area (TPSA) is 30.5 Å². The van der Waals surface area contributed by atoms with Crippen molar-refractivity contribution in [3.63, 3.8) is 0 Å². The van der Waals surface area contributed by atoms with E-state index < -0.39 is 0 Å². The molecule has 148 valence electrons. The van der Waals surface area contributed by atoms with Gasteiger partial charge in [0, 0.05) is 17.5 Å². The van der Waals surface area contributed by atoms with Gasteiger partial charge < -0.3 is 14.8 Å². The molecule has 0 atom stereocenters. The van der Waals surface area contributed by atoms with Crippen LogP contribution in [0, 0.1) is 0 Å². The van der Waals surface area contributed by atoms with Crippen LogP contribution in [0.1, 0.15) is 36.5 Å². The van der Waals surface area contributed by atoms with Gasteiger partial charge in [0.1, 0.15) is 11.5 Å². The number of benzene rings is 3. The van der Waals surface area contributed by atoms with Gasteiger partial charge in [0.15, 0.2) is 0 Å². The molecule has 0 heterocycles. The van der Waals surface area contributed by atoms with E-state index in [0.717, 1.165) is 30.2 Å². The monoisotopic (exact) mass is 377 g/mol. The predicted molar refractivity (Wildman–Crippen MR) is 118 cm³/mol. The molecule has 0 saturated carbocycles. The van der Waals surface area contributed by atoms with Gasteiger partial charge in [-0.15, -0.1) is 0 Å². The van der Waals surface area contributed by atoms with E-state index in [-0.39, 0.29) is 5.92 Å². The molecular formula is C25H31NO2. The maximum atomic E-state index is 5.63. The SMILES string of the molecule is CCNCC.COc1ccc(C(c2ccccc2)c2ccccc2)c(OC)c1. The van der Waals surface area contributed by atoms with Gasteiger partial charge in [-0.25, -0.2) is 0 Å². The molecular weight excluding hydrogens is 346 g/mol. The van der Waals surface area contributed by atoms with E-state index in [1.54, 1.807) is 14.2 Å². The molecule has 0 aliphatic rings. The van der Waals surface area contributed by atoms with E-state index in [9.17, 15) is 0 Å². The van der Waals surface area contributed by atoms with Gasteiger partial charge in [0.05, 0.1) is 14.2 Å². The maximum absolute atomic E-state index is 5.63. The van der Waals surface area contributed by atoms with Crippen LogP contribution in [0.5, 0.6) is 11.5 Å². The molecule has 3 nitrogen and oxygen atoms in total. The van der Waals surface area contributed by atoms with E-state index in [4.69, 9.17) is 9.47 Å². The average Bonchev–Trinajstić information content (AvgIpc) is 2.76. The van der Waals surface area contributed by atoms with Crippen LogP contribution in [0.2, 0.25) is 0 Å². The molecule has 0 radical (unpaired) electrons. The summed E-state index contributed by atoms with van der Waals surface area (Å²) in [5.41, 5.74) is 3.61. The summed E-state index contributed by atoms with van der Waals surface area (Å²) in [5.74, 6) is 1.76. The van der Waals surface area contributed by atoms with Crippen molar-refractivity contribution in [1.29, 1.82) is 0 Å². The molecule has 0 amide bonds. The zero-order chi connectivity index (χ0) is 20.2. The fourth-order valence-electron chi connectivity index (χ4n) is 3.15. The minimum Gasteiger partial charge on any atom is -0.497 e. The van der Waals surface area contributed by atoms with Crippen LogP contribution < -0.4 is 14.8 Å². The normalized spacial score (nSPS) is 10.2. The van der Waals surface area contributed by atoms with Crippen molar-refractivity contribution >= 4 is 0 Å². The summed E-state index contributed by atoms with van der Waals surface area (Å²) in [6, 6.07) is 27.0. The Labute approximate surface area is 169 Å². The highest BCUT2D eigenvalue weighted by atomic mass is 16.5. The van der Waals surface area contributed by atoms with Crippen molar-refractivity contribution in [2.24, 2.45) is 0 Å². The van der Waals surface area contributed by atoms with Crippen molar-refractivity contribution < 1.29 is 9.47 Å². The molecule has 0 fully saturated rings. The number of rotatable bonds is 7. The first-order chi connectivity index (χ1) is 13.7. The molecule has 3 aromatic rings. The van der Waals surface area contributed by atoms with Crippen molar-refractivity contribution in [3.05, 3.63) is 95.6 Å². The van der Waals surface area contributed by atoms with Crippen molar-refractivity contribution in [1.82, 2.24) is 5.32 Å². The molecule has 0 spiro atoms. The highest BCUT2D eigenvalue weighted by molar-refractivity contribution is 5.51. The first-order valence-electron chi connectivity index (χ1n) is 9.77. The number of hydrogen-bond donors (Lipinski definition) is 1. The third kappa shape index (κ3) is 5.86. The van der Waals surface area contributed by atoms with Gasteiger partial charge in [-0.3, -0.25) is 0 Å². The van der Waals surface area contributed by atoms with Gasteiger partial charge >= 0.3 is 0 Å². The van der Waals surface area contributed by atoms with Gasteiger partial charge in [-0.2, -0.15) is 0 Å². The largest absolute Gasteiger partial charge is 0.497 e. The zero-order valence-electron chi connectivity index (χ0n) is 17.3. The number of methoxy groups -OCH3 is 2. The molecule has 1 N–H and O–H groups in total. The Hall–Kier alpha value is -2.78. The lowest BCUT2D eigenvalue weighted by atomic mass is 9.84. The second kappa shape index (κ2) is 11.8. The Bertz CT molecular complexity index is 762. The summed E-state index contributed by atoms with van der Waals surface area (Å²) in [7, 11) is 3.37. The Morgan fingerprint density at radius 3 is 1.64 bits per heavy atom. The summed E-state index contributed by atoms with van der Waals surface area (Å²) < 4.78 is 11.0. The Kier molecular flexibility index (Phi) is 9.09. The van der Waals surface area contributed by atoms with E-state index in [0.29, 0.717) is 0 Å². The summed E-state index contributed by atoms with van der Waals surface area (Å²) in [6.07, 6.45) is 0. The molecule has 0 aliphatic carbocycles. The quantitative estimate of drug-likeness (QED) is 0.552. The number of nitrogens with one attached hydrogen (secondary N) is 1. The highest BCUT2D eigenvalue weighted by Gasteiger charge is 2.20. The van der Waals surface area contributed by atoms with Gasteiger partial charge in [0.2, 0.25) is 0 Å². The minimum atomic E-state index is 0.123. The number of ether oxygens (including phenoxy) is 2. The highest BCUT2D eigenvalue weighted by Crippen LogP contribution is 2.38. The van der Waals surface area contributed by atoms with Crippen molar-refractivity contribution in [3.8, 4) is 11.5 Å². The van der Waals surface area contributed by atoms with Crippen LogP contribution in [0.15, 0.2) is 78.9 Å². The fraction of sp³-hybridized carbons (Fsp3) is 0.280. The molecule has 28 heavy (non-hydrogen) atoms. The summed E-state index contributed by atoms with van der Waals surface area (Å²) in [6.45, 7) is 6.39. The van der Waals surface area contributed by atoms with Crippen LogP contribution >= 0.6 is 0 Å². The molecule has 3 heteroatoms. The smallest absolute Gasteiger partial charge is 0.126 e. The second-order valence-corrected chi connectivity index (χ2v) is 6.32. The molecule has 0 saturated heterocycles. The standard InChI is InChI=1S/C21H20O2.C4H11N/c1-22-18-13-14-19(20(15-18)23-2)21(16-9-5-3-6-10-16)17-11-7-4-8-12-17;1-3-5-4-2/h3-15,21H,1-2H3;5H,3-4H2,1-2H3. The third-order valence-electron chi connectivity index (χ3n) is 4.52. The summed E-state index contributed by atoms with van der Waals surface area (Å²) >= 11 is 0. The van der Waals surface area contributed by atoms with Gasteiger partial charge in [0.25, 0.3) is 0 Å². The lowest BCUT2D eigenvalue weighted by Crippen LogP contribution is -2.09. The maximum Gasteiger partial charge on any atom is 0.126 e. The average molecular weight is 378 g/mol. The molecule has 3 aromatic carbocycles. The van der Waals surface area contributed by atoms with E-state index in [1.807, 2.05) is 24.3 Å². The molecule has 0 unspecified atom stereocenters. The van der Waals surface area contributed by atoms with Crippen LogP contribution in [-0.2, 0) is 0 Å². The molecule has 3 rings (SSSR count). The molecule has 0 bridgehead atoms. The minimum absolute atomic E-state index is 0.123. The summed E-state index contributed by atoms with van der Waals surface area (Å²) in [4.78, 5) is 0. The Morgan fingerprint density at radius 1 is 0.714 bits per heavy atom. The van der Waals surface area contributed by atoms with Gasteiger partial charge in [-0.05, 0) is 30.3 Å². The summed E-state index contributed by atoms with van der Waals surface area (Å²) in [5, 5.41) is 3.11. The van der Waals surface area contributed by atoms with Crippen molar-refractivity contribution in [2.75, 3.05) is 27.3 Å². The Balaban J connectivity index is 0.000000500. The van der Waals surface area contributed by atoms with Gasteiger partial charge in [-0.1, -0.05) is 80.6 Å². The van der Waals surface area contributed by atoms with E-state index >= 15 is 0 Å². The first kappa shape index (κ1) is 21.5. The zero-order valence-corrected chi connectivity index (χ0v) is 17.3. The Morgan fingerprint density at radius 2 is 1.25 bits per heavy atom. The van der Waals surface area contributed by atoms with Crippen LogP contribution in [0.4, 0.5) is 0 Å². The van der Waals surface area contributed by atoms with Crippen molar-refractivity contribution in [2.45, 2.75) is 19.8 Å². The lowest BCUT2D eigenvalue weighted by molar-refractivity contribution is 0.390. The van der Waals surface area contributed by atoms with Crippen LogP contribution in [0.3, 0.4) is 0 Å².